The van der Waals surface area contributed by atoms with Crippen LogP contribution in [0.2, 0.25) is 0 Å². The van der Waals surface area contributed by atoms with Crippen molar-refractivity contribution in [2.75, 3.05) is 11.9 Å². The molecule has 0 heterocycles. The number of nitrogens with zero attached hydrogens (tertiary/aromatic N) is 1. The number of nitro benzene ring substituents is 1. The van der Waals surface area contributed by atoms with Crippen molar-refractivity contribution in [2.45, 2.75) is 13.3 Å². The average Bonchev–Trinajstić information content (AvgIpc) is 2.37. The third kappa shape index (κ3) is 4.90. The van der Waals surface area contributed by atoms with E-state index < -0.39 is 16.8 Å². The van der Waals surface area contributed by atoms with Crippen molar-refractivity contribution in [1.82, 2.24) is 5.32 Å². The minimum atomic E-state index is -1.32. The highest BCUT2D eigenvalue weighted by Crippen LogP contribution is 2.22. The molecule has 0 aliphatic rings. The number of non-ortho nitro benzene ring substituents is 1. The number of carboxylic acid groups (broad SMARTS) is 1. The first kappa shape index (κ1) is 16.1. The monoisotopic (exact) mass is 295 g/mol. The zero-order valence-corrected chi connectivity index (χ0v) is 11.1. The Balaban J connectivity index is 2.86. The van der Waals surface area contributed by atoms with Crippen LogP contribution in [-0.4, -0.2) is 34.4 Å². The van der Waals surface area contributed by atoms with E-state index in [2.05, 4.69) is 10.6 Å². The highest BCUT2D eigenvalue weighted by Gasteiger charge is 2.17. The van der Waals surface area contributed by atoms with Gasteiger partial charge in [0.1, 0.15) is 0 Å². The average molecular weight is 295 g/mol. The molecule has 112 valence electrons. The van der Waals surface area contributed by atoms with Crippen LogP contribution in [-0.2, 0) is 9.59 Å². The molecule has 0 saturated heterocycles. The molecule has 0 unspecified atom stereocenters. The quantitative estimate of drug-likeness (QED) is 0.523. The van der Waals surface area contributed by atoms with Gasteiger partial charge in [0.15, 0.2) is 0 Å². The van der Waals surface area contributed by atoms with Crippen LogP contribution in [0.15, 0.2) is 18.2 Å². The van der Waals surface area contributed by atoms with Crippen LogP contribution in [0.4, 0.5) is 11.4 Å². The topological polar surface area (TPSA) is 139 Å². The fraction of sp³-hybridized carbons (Fsp3) is 0.250. The molecule has 0 saturated carbocycles. The molecule has 0 fully saturated rings. The van der Waals surface area contributed by atoms with Gasteiger partial charge in [-0.05, 0) is 6.07 Å². The van der Waals surface area contributed by atoms with Gasteiger partial charge in [0, 0.05) is 32.0 Å². The smallest absolute Gasteiger partial charge is 0.337 e. The van der Waals surface area contributed by atoms with Crippen molar-refractivity contribution < 1.29 is 24.4 Å². The Bertz CT molecular complexity index is 599. The lowest BCUT2D eigenvalue weighted by atomic mass is 10.1. The Kier molecular flexibility index (Phi) is 5.35. The zero-order valence-electron chi connectivity index (χ0n) is 11.1. The Labute approximate surface area is 119 Å². The Morgan fingerprint density at radius 2 is 2.00 bits per heavy atom. The Hall–Kier alpha value is -2.97. The molecule has 9 nitrogen and oxygen atoms in total. The molecule has 0 aromatic heterocycles. The van der Waals surface area contributed by atoms with Crippen LogP contribution < -0.4 is 10.6 Å². The van der Waals surface area contributed by atoms with Crippen LogP contribution in [0, 0.1) is 10.1 Å². The van der Waals surface area contributed by atoms with Crippen LogP contribution in [0.1, 0.15) is 23.7 Å². The molecule has 2 amide bonds. The number of aromatic carboxylic acids is 1. The summed E-state index contributed by atoms with van der Waals surface area (Å²) in [6.07, 6.45) is -0.0820. The highest BCUT2D eigenvalue weighted by atomic mass is 16.6. The summed E-state index contributed by atoms with van der Waals surface area (Å²) < 4.78 is 0. The molecule has 1 aromatic carbocycles. The van der Waals surface area contributed by atoms with Crippen LogP contribution in [0.3, 0.4) is 0 Å². The van der Waals surface area contributed by atoms with Crippen LogP contribution in [0.25, 0.3) is 0 Å². The molecule has 1 rings (SSSR count). The van der Waals surface area contributed by atoms with Gasteiger partial charge in [-0.1, -0.05) is 0 Å². The number of carboxylic acids is 1. The van der Waals surface area contributed by atoms with Gasteiger partial charge in [0.25, 0.3) is 5.69 Å². The number of hydrogen-bond donors (Lipinski definition) is 3. The van der Waals surface area contributed by atoms with Crippen LogP contribution >= 0.6 is 0 Å². The fourth-order valence-electron chi connectivity index (χ4n) is 1.50. The van der Waals surface area contributed by atoms with Crippen molar-refractivity contribution >= 4 is 29.2 Å². The molecule has 3 N–H and O–H groups in total. The standard InChI is InChI=1S/C12H13N3O6/c1-7(16)13-5-4-11(17)14-10-6-8(15(20)21)2-3-9(10)12(18)19/h2-3,6H,4-5H2,1H3,(H,13,16)(H,14,17)(H,18,19). The van der Waals surface area contributed by atoms with Crippen molar-refractivity contribution in [1.29, 1.82) is 0 Å². The van der Waals surface area contributed by atoms with Gasteiger partial charge >= 0.3 is 5.97 Å². The minimum Gasteiger partial charge on any atom is -0.478 e. The molecular formula is C12H13N3O6. The van der Waals surface area contributed by atoms with Gasteiger partial charge in [-0.15, -0.1) is 0 Å². The second-order valence-corrected chi connectivity index (χ2v) is 4.07. The van der Waals surface area contributed by atoms with Crippen molar-refractivity contribution in [3.05, 3.63) is 33.9 Å². The van der Waals surface area contributed by atoms with Crippen molar-refractivity contribution in [3.63, 3.8) is 0 Å². The summed E-state index contributed by atoms with van der Waals surface area (Å²) in [6.45, 7) is 1.37. The number of nitrogens with one attached hydrogen (secondary N) is 2. The summed E-state index contributed by atoms with van der Waals surface area (Å²) in [5.41, 5.74) is -0.754. The molecule has 0 bridgehead atoms. The first-order chi connectivity index (χ1) is 9.81. The Morgan fingerprint density at radius 3 is 2.52 bits per heavy atom. The van der Waals surface area contributed by atoms with E-state index in [4.69, 9.17) is 5.11 Å². The lowest BCUT2D eigenvalue weighted by molar-refractivity contribution is -0.384. The summed E-state index contributed by atoms with van der Waals surface area (Å²) >= 11 is 0. The maximum Gasteiger partial charge on any atom is 0.337 e. The second-order valence-electron chi connectivity index (χ2n) is 4.07. The number of hydrogen-bond acceptors (Lipinski definition) is 5. The molecular weight excluding hydrogens is 282 g/mol. The number of anilines is 1. The SMILES string of the molecule is CC(=O)NCCC(=O)Nc1cc([N+](=O)[O-])ccc1C(=O)O. The van der Waals surface area contributed by atoms with Gasteiger partial charge in [-0.25, -0.2) is 4.79 Å². The molecule has 0 atom stereocenters. The maximum absolute atomic E-state index is 11.6. The molecule has 1 aromatic rings. The summed E-state index contributed by atoms with van der Waals surface area (Å²) in [4.78, 5) is 43.3. The lowest BCUT2D eigenvalue weighted by Gasteiger charge is -2.08. The summed E-state index contributed by atoms with van der Waals surface area (Å²) in [7, 11) is 0. The summed E-state index contributed by atoms with van der Waals surface area (Å²) in [5, 5.41) is 24.3. The minimum absolute atomic E-state index is 0.0818. The summed E-state index contributed by atoms with van der Waals surface area (Å²) in [6, 6.07) is 3.06. The normalized spacial score (nSPS) is 9.76. The zero-order chi connectivity index (χ0) is 16.0. The van der Waals surface area contributed by atoms with E-state index in [1.54, 1.807) is 0 Å². The van der Waals surface area contributed by atoms with E-state index in [-0.39, 0.29) is 35.8 Å². The van der Waals surface area contributed by atoms with Gasteiger partial charge in [-0.3, -0.25) is 19.7 Å². The molecule has 0 radical (unpaired) electrons. The second kappa shape index (κ2) is 6.98. The molecule has 0 aliphatic heterocycles. The van der Waals surface area contributed by atoms with E-state index >= 15 is 0 Å². The lowest BCUT2D eigenvalue weighted by Crippen LogP contribution is -2.25. The predicted molar refractivity (Wildman–Crippen MR) is 72.0 cm³/mol. The molecule has 0 spiro atoms. The van der Waals surface area contributed by atoms with E-state index in [1.807, 2.05) is 0 Å². The maximum atomic E-state index is 11.6. The van der Waals surface area contributed by atoms with Gasteiger partial charge < -0.3 is 15.7 Å². The predicted octanol–water partition coefficient (Wildman–Crippen LogP) is 0.758. The Morgan fingerprint density at radius 1 is 1.33 bits per heavy atom. The number of rotatable bonds is 6. The number of benzene rings is 1. The fourth-order valence-corrected chi connectivity index (χ4v) is 1.50. The van der Waals surface area contributed by atoms with Gasteiger partial charge in [0.05, 0.1) is 16.2 Å². The van der Waals surface area contributed by atoms with Crippen molar-refractivity contribution in [3.8, 4) is 0 Å². The largest absolute Gasteiger partial charge is 0.478 e. The number of nitro groups is 1. The molecule has 0 aliphatic carbocycles. The third-order valence-corrected chi connectivity index (χ3v) is 2.44. The van der Waals surface area contributed by atoms with E-state index in [1.165, 1.54) is 6.92 Å². The molecule has 9 heteroatoms. The van der Waals surface area contributed by atoms with Gasteiger partial charge in [-0.2, -0.15) is 0 Å². The highest BCUT2D eigenvalue weighted by molar-refractivity contribution is 6.01. The first-order valence-electron chi connectivity index (χ1n) is 5.87. The van der Waals surface area contributed by atoms with E-state index in [0.717, 1.165) is 18.2 Å². The number of carbonyl (C=O) groups excluding carboxylic acids is 2. The number of amides is 2. The van der Waals surface area contributed by atoms with Crippen LogP contribution in [0.5, 0.6) is 0 Å². The summed E-state index contributed by atoms with van der Waals surface area (Å²) in [5.74, 6) is -2.18. The molecule has 21 heavy (non-hydrogen) atoms. The first-order valence-corrected chi connectivity index (χ1v) is 5.87. The van der Waals surface area contributed by atoms with Crippen molar-refractivity contribution in [2.24, 2.45) is 0 Å². The number of carbonyl (C=O) groups is 3. The van der Waals surface area contributed by atoms with E-state index in [9.17, 15) is 24.5 Å². The van der Waals surface area contributed by atoms with Gasteiger partial charge in [0.2, 0.25) is 11.8 Å². The third-order valence-electron chi connectivity index (χ3n) is 2.44. The van der Waals surface area contributed by atoms with E-state index in [0.29, 0.717) is 0 Å².